The maximum absolute atomic E-state index is 5.28. The van der Waals surface area contributed by atoms with Crippen molar-refractivity contribution in [2.24, 2.45) is 0 Å². The second-order valence-electron chi connectivity index (χ2n) is 3.39. The number of hydrogen-bond donors (Lipinski definition) is 0. The van der Waals surface area contributed by atoms with Crippen LogP contribution in [-0.2, 0) is 11.5 Å². The van der Waals surface area contributed by atoms with Crippen molar-refractivity contribution in [2.45, 2.75) is 11.5 Å². The lowest BCUT2D eigenvalue weighted by molar-refractivity contribution is 0.530. The van der Waals surface area contributed by atoms with Gasteiger partial charge in [0.25, 0.3) is 0 Å². The van der Waals surface area contributed by atoms with E-state index in [1.54, 1.807) is 12.5 Å². The Hall–Kier alpha value is 0.660. The molecule has 2 nitrogen and oxygen atoms in total. The summed E-state index contributed by atoms with van der Waals surface area (Å²) in [6.07, 6.45) is 3.45. The van der Waals surface area contributed by atoms with E-state index in [4.69, 9.17) is 8.83 Å². The predicted octanol–water partition coefficient (Wildman–Crippen LogP) is 6.63. The first-order valence-electron chi connectivity index (χ1n) is 5.73. The van der Waals surface area contributed by atoms with Gasteiger partial charge in [-0.15, -0.1) is 0 Å². The van der Waals surface area contributed by atoms with E-state index in [1.165, 1.54) is 0 Å². The summed E-state index contributed by atoms with van der Waals surface area (Å²) in [6, 6.07) is 7.90. The third-order valence-corrected chi connectivity index (χ3v) is 10.5. The summed E-state index contributed by atoms with van der Waals surface area (Å²) in [5.74, 6) is 3.97. The van der Waals surface area contributed by atoms with Crippen molar-refractivity contribution in [1.29, 1.82) is 0 Å². The van der Waals surface area contributed by atoms with Crippen LogP contribution in [0, 0.1) is 0 Å². The normalized spacial score (nSPS) is 11.0. The molecule has 0 atom stereocenters. The highest BCUT2D eigenvalue weighted by atomic mass is 33.2. The minimum absolute atomic E-state index is 0.941. The third kappa shape index (κ3) is 7.61. The first-order chi connectivity index (χ1) is 9.95. The van der Waals surface area contributed by atoms with Crippen molar-refractivity contribution in [3.63, 3.8) is 0 Å². The van der Waals surface area contributed by atoms with Crippen LogP contribution in [0.4, 0.5) is 0 Å². The molecule has 0 saturated heterocycles. The molecule has 0 bridgehead atoms. The van der Waals surface area contributed by atoms with Crippen LogP contribution in [0.3, 0.4) is 0 Å². The van der Waals surface area contributed by atoms with E-state index in [1.807, 2.05) is 89.0 Å². The molecule has 0 aliphatic heterocycles. The molecular weight excluding hydrogens is 369 g/mol. The molecule has 8 heteroatoms. The van der Waals surface area contributed by atoms with Crippen molar-refractivity contribution in [2.75, 3.05) is 10.2 Å². The molecule has 0 N–H and O–H groups in total. The Morgan fingerprint density at radius 1 is 0.650 bits per heavy atom. The average Bonchev–Trinajstić information content (AvgIpc) is 3.14. The molecule has 0 aliphatic rings. The Labute approximate surface area is 142 Å². The molecule has 0 spiro atoms. The highest BCUT2D eigenvalue weighted by molar-refractivity contribution is 8.88. The van der Waals surface area contributed by atoms with Crippen LogP contribution in [0.2, 0.25) is 0 Å². The monoisotopic (exact) mass is 382 g/mol. The van der Waals surface area contributed by atoms with Gasteiger partial charge in [-0.3, -0.25) is 0 Å². The van der Waals surface area contributed by atoms with Crippen molar-refractivity contribution < 1.29 is 8.83 Å². The molecule has 0 radical (unpaired) electrons. The first-order valence-corrected chi connectivity index (χ1v) is 13.2. The van der Waals surface area contributed by atoms with E-state index in [2.05, 4.69) is 0 Å². The second-order valence-corrected chi connectivity index (χ2v) is 11.5. The van der Waals surface area contributed by atoms with E-state index in [0.717, 1.165) is 33.2 Å². The summed E-state index contributed by atoms with van der Waals surface area (Å²) in [6.45, 7) is 0. The third-order valence-electron chi connectivity index (χ3n) is 2.01. The number of furan rings is 2. The summed E-state index contributed by atoms with van der Waals surface area (Å²) >= 11 is 0. The lowest BCUT2D eigenvalue weighted by Gasteiger charge is -2.00. The molecule has 0 aromatic carbocycles. The van der Waals surface area contributed by atoms with Crippen molar-refractivity contribution in [3.8, 4) is 0 Å². The van der Waals surface area contributed by atoms with Gasteiger partial charge in [0.2, 0.25) is 0 Å². The SMILES string of the molecule is c1coc(CSSCSSCSSCc2ccco2)c1. The Balaban J connectivity index is 1.33. The van der Waals surface area contributed by atoms with Crippen LogP contribution in [0.15, 0.2) is 45.6 Å². The van der Waals surface area contributed by atoms with Gasteiger partial charge in [-0.1, -0.05) is 64.8 Å². The van der Waals surface area contributed by atoms with Crippen LogP contribution in [0.25, 0.3) is 0 Å². The molecule has 20 heavy (non-hydrogen) atoms. The Morgan fingerprint density at radius 2 is 1.10 bits per heavy atom. The first kappa shape index (κ1) is 17.0. The molecule has 0 saturated carbocycles. The van der Waals surface area contributed by atoms with Crippen LogP contribution in [-0.4, -0.2) is 10.2 Å². The lowest BCUT2D eigenvalue weighted by Crippen LogP contribution is -1.71. The molecule has 0 unspecified atom stereocenters. The zero-order valence-corrected chi connectivity index (χ0v) is 15.5. The van der Waals surface area contributed by atoms with Gasteiger partial charge in [-0.2, -0.15) is 0 Å². The summed E-state index contributed by atoms with van der Waals surface area (Å²) in [5.41, 5.74) is 0. The van der Waals surface area contributed by atoms with E-state index in [-0.39, 0.29) is 0 Å². The molecule has 110 valence electrons. The van der Waals surface area contributed by atoms with Crippen LogP contribution < -0.4 is 0 Å². The fourth-order valence-corrected chi connectivity index (χ4v) is 9.77. The van der Waals surface area contributed by atoms with Gasteiger partial charge in [0.15, 0.2) is 0 Å². The Kier molecular flexibility index (Phi) is 9.58. The van der Waals surface area contributed by atoms with Gasteiger partial charge in [-0.25, -0.2) is 0 Å². The van der Waals surface area contributed by atoms with Gasteiger partial charge in [0, 0.05) is 0 Å². The van der Waals surface area contributed by atoms with E-state index in [0.29, 0.717) is 0 Å². The van der Waals surface area contributed by atoms with Gasteiger partial charge >= 0.3 is 0 Å². The highest BCUT2D eigenvalue weighted by Crippen LogP contribution is 2.38. The van der Waals surface area contributed by atoms with E-state index < -0.39 is 0 Å². The van der Waals surface area contributed by atoms with Gasteiger partial charge in [-0.05, 0) is 24.3 Å². The molecule has 2 heterocycles. The molecule has 0 fully saturated rings. The van der Waals surface area contributed by atoms with Crippen LogP contribution in [0.5, 0.6) is 0 Å². The van der Waals surface area contributed by atoms with Crippen molar-refractivity contribution >= 4 is 64.8 Å². The van der Waals surface area contributed by atoms with Gasteiger partial charge in [0.05, 0.1) is 34.2 Å². The molecular formula is C12H14O2S6. The zero-order valence-electron chi connectivity index (χ0n) is 10.6. The van der Waals surface area contributed by atoms with Crippen molar-refractivity contribution in [3.05, 3.63) is 48.3 Å². The zero-order chi connectivity index (χ0) is 13.9. The van der Waals surface area contributed by atoms with Crippen molar-refractivity contribution in [1.82, 2.24) is 0 Å². The Bertz CT molecular complexity index is 389. The lowest BCUT2D eigenvalue weighted by atomic mass is 10.5. The molecule has 2 aromatic heterocycles. The summed E-state index contributed by atoms with van der Waals surface area (Å²) in [4.78, 5) is 0. The minimum Gasteiger partial charge on any atom is -0.468 e. The molecule has 2 rings (SSSR count). The summed E-state index contributed by atoms with van der Waals surface area (Å²) in [5, 5.41) is 2.19. The van der Waals surface area contributed by atoms with E-state index >= 15 is 0 Å². The molecule has 0 amide bonds. The van der Waals surface area contributed by atoms with Crippen LogP contribution >= 0.6 is 64.8 Å². The molecule has 0 aliphatic carbocycles. The maximum atomic E-state index is 5.28. The number of hydrogen-bond acceptors (Lipinski definition) is 8. The predicted molar refractivity (Wildman–Crippen MR) is 100 cm³/mol. The fourth-order valence-electron chi connectivity index (χ4n) is 1.16. The maximum Gasteiger partial charge on any atom is 0.114 e. The van der Waals surface area contributed by atoms with Crippen LogP contribution in [0.1, 0.15) is 11.5 Å². The minimum atomic E-state index is 0.941. The second kappa shape index (κ2) is 11.3. The molecule has 2 aromatic rings. The largest absolute Gasteiger partial charge is 0.468 e. The van der Waals surface area contributed by atoms with Gasteiger partial charge < -0.3 is 8.83 Å². The standard InChI is InChI=1S/C12H14O2S6/c1-3-11(13-5-1)7-15-17-9-19-20-10-18-16-8-12-4-2-6-14-12/h1-6H,7-10H2. The average molecular weight is 383 g/mol. The highest BCUT2D eigenvalue weighted by Gasteiger charge is 1.99. The fraction of sp³-hybridized carbons (Fsp3) is 0.333. The number of rotatable bonds is 11. The summed E-state index contributed by atoms with van der Waals surface area (Å²) in [7, 11) is 11.3. The topological polar surface area (TPSA) is 26.3 Å². The summed E-state index contributed by atoms with van der Waals surface area (Å²) < 4.78 is 10.6. The smallest absolute Gasteiger partial charge is 0.114 e. The van der Waals surface area contributed by atoms with E-state index in [9.17, 15) is 0 Å². The Morgan fingerprint density at radius 3 is 1.50 bits per heavy atom. The quantitative estimate of drug-likeness (QED) is 0.243. The van der Waals surface area contributed by atoms with Gasteiger partial charge in [0.1, 0.15) is 11.5 Å².